The molecule has 2 aliphatic rings. The van der Waals surface area contributed by atoms with Crippen LogP contribution in [-0.2, 0) is 17.8 Å². The lowest BCUT2D eigenvalue weighted by molar-refractivity contribution is -0.137. The molecule has 3 aromatic rings. The van der Waals surface area contributed by atoms with E-state index in [4.69, 9.17) is 11.6 Å². The molecule has 0 bridgehead atoms. The van der Waals surface area contributed by atoms with Crippen molar-refractivity contribution in [2.24, 2.45) is 5.92 Å². The molecule has 0 saturated carbocycles. The van der Waals surface area contributed by atoms with Gasteiger partial charge in [-0.1, -0.05) is 66.2 Å². The summed E-state index contributed by atoms with van der Waals surface area (Å²) in [6.07, 6.45) is 3.39. The van der Waals surface area contributed by atoms with Crippen LogP contribution >= 0.6 is 23.4 Å². The number of likely N-dealkylation sites (tertiary alicyclic amines) is 1. The molecule has 0 unspecified atom stereocenters. The molecular formula is C34H41ClN4O3S. The molecule has 0 spiro atoms. The molecule has 0 aliphatic carbocycles. The molecule has 2 aliphatic heterocycles. The zero-order valence-corrected chi connectivity index (χ0v) is 26.3. The van der Waals surface area contributed by atoms with Gasteiger partial charge < -0.3 is 20.2 Å². The normalized spacial score (nSPS) is 17.5. The van der Waals surface area contributed by atoms with Crippen molar-refractivity contribution in [3.8, 4) is 11.1 Å². The van der Waals surface area contributed by atoms with Gasteiger partial charge in [0.2, 0.25) is 5.91 Å². The van der Waals surface area contributed by atoms with Crippen LogP contribution < -0.4 is 5.32 Å². The Labute approximate surface area is 264 Å². The fourth-order valence-electron chi connectivity index (χ4n) is 6.37. The fourth-order valence-corrected chi connectivity index (χ4v) is 7.17. The number of nitrogens with one attached hydrogen (secondary N) is 1. The Kier molecular flexibility index (Phi) is 11.0. The maximum atomic E-state index is 13.6. The van der Waals surface area contributed by atoms with Crippen molar-refractivity contribution >= 4 is 35.4 Å². The lowest BCUT2D eigenvalue weighted by Gasteiger charge is -2.40. The topological polar surface area (TPSA) is 76.1 Å². The minimum atomic E-state index is -1.14. The summed E-state index contributed by atoms with van der Waals surface area (Å²) in [5.41, 5.74) is 4.90. The SMILES string of the molecule is CSc1ccccc1CN1CCN(C(=O)[C@H](NC(=O)O)C2CCN(CCc3cc(Cl)ccc3-c3ccccc3)CC2)CC1. The highest BCUT2D eigenvalue weighted by molar-refractivity contribution is 7.98. The minimum Gasteiger partial charge on any atom is -0.465 e. The Balaban J connectivity index is 1.14. The number of piperidine rings is 1. The van der Waals surface area contributed by atoms with E-state index in [1.54, 1.807) is 11.8 Å². The smallest absolute Gasteiger partial charge is 0.405 e. The summed E-state index contributed by atoms with van der Waals surface area (Å²) < 4.78 is 0. The second kappa shape index (κ2) is 15.1. The number of piperazine rings is 1. The summed E-state index contributed by atoms with van der Waals surface area (Å²) in [5.74, 6) is -0.103. The van der Waals surface area contributed by atoms with Crippen LogP contribution in [0.3, 0.4) is 0 Å². The first kappa shape index (κ1) is 31.4. The molecule has 7 nitrogen and oxygen atoms in total. The molecule has 5 rings (SSSR count). The highest BCUT2D eigenvalue weighted by Crippen LogP contribution is 2.29. The minimum absolute atomic E-state index is 0.0163. The average molecular weight is 621 g/mol. The predicted molar refractivity (Wildman–Crippen MR) is 175 cm³/mol. The third kappa shape index (κ3) is 8.32. The molecular weight excluding hydrogens is 580 g/mol. The van der Waals surface area contributed by atoms with Gasteiger partial charge in [-0.25, -0.2) is 4.79 Å². The molecule has 2 fully saturated rings. The largest absolute Gasteiger partial charge is 0.465 e. The molecule has 2 saturated heterocycles. The lowest BCUT2D eigenvalue weighted by Crippen LogP contribution is -2.57. The highest BCUT2D eigenvalue weighted by atomic mass is 35.5. The molecule has 2 heterocycles. The van der Waals surface area contributed by atoms with Gasteiger partial charge in [0.25, 0.3) is 0 Å². The van der Waals surface area contributed by atoms with Crippen LogP contribution in [0.25, 0.3) is 11.1 Å². The van der Waals surface area contributed by atoms with Gasteiger partial charge in [0.1, 0.15) is 6.04 Å². The molecule has 43 heavy (non-hydrogen) atoms. The van der Waals surface area contributed by atoms with E-state index in [2.05, 4.69) is 69.9 Å². The van der Waals surface area contributed by atoms with Gasteiger partial charge in [-0.2, -0.15) is 0 Å². The number of thioether (sulfide) groups is 1. The number of carboxylic acid groups (broad SMARTS) is 1. The summed E-state index contributed by atoms with van der Waals surface area (Å²) in [6.45, 7) is 6.19. The van der Waals surface area contributed by atoms with Gasteiger partial charge >= 0.3 is 6.09 Å². The maximum Gasteiger partial charge on any atom is 0.405 e. The molecule has 2 N–H and O–H groups in total. The zero-order chi connectivity index (χ0) is 30.2. The van der Waals surface area contributed by atoms with Gasteiger partial charge in [-0.05, 0) is 85.0 Å². The second-order valence-corrected chi connectivity index (χ2v) is 12.7. The van der Waals surface area contributed by atoms with Crippen molar-refractivity contribution in [1.29, 1.82) is 0 Å². The molecule has 3 aromatic carbocycles. The molecule has 228 valence electrons. The molecule has 9 heteroatoms. The standard InChI is InChI=1S/C34H41ClN4O3S/c1-43-31-10-6-5-9-28(31)24-38-19-21-39(22-20-38)33(40)32(36-34(41)42)26-13-16-37(17-14-26)18-15-27-23-29(35)11-12-30(27)25-7-3-2-4-8-25/h2-12,23,26,32,36H,13-22,24H2,1H3,(H,41,42)/t32-/m1/s1. The first-order valence-electron chi connectivity index (χ1n) is 15.1. The first-order valence-corrected chi connectivity index (χ1v) is 16.7. The summed E-state index contributed by atoms with van der Waals surface area (Å²) in [7, 11) is 0. The van der Waals surface area contributed by atoms with Crippen molar-refractivity contribution in [1.82, 2.24) is 20.0 Å². The van der Waals surface area contributed by atoms with Gasteiger partial charge in [-0.3, -0.25) is 9.69 Å². The van der Waals surface area contributed by atoms with Crippen LogP contribution in [0.5, 0.6) is 0 Å². The van der Waals surface area contributed by atoms with E-state index in [-0.39, 0.29) is 11.8 Å². The zero-order valence-electron chi connectivity index (χ0n) is 24.8. The van der Waals surface area contributed by atoms with Gasteiger partial charge in [0.15, 0.2) is 0 Å². The summed E-state index contributed by atoms with van der Waals surface area (Å²) >= 11 is 8.12. The van der Waals surface area contributed by atoms with E-state index >= 15 is 0 Å². The first-order chi connectivity index (χ1) is 20.9. The fraction of sp³-hybridized carbons (Fsp3) is 0.412. The Morgan fingerprint density at radius 2 is 1.60 bits per heavy atom. The van der Waals surface area contributed by atoms with Crippen molar-refractivity contribution in [2.45, 2.75) is 36.7 Å². The average Bonchev–Trinajstić information content (AvgIpc) is 3.03. The van der Waals surface area contributed by atoms with E-state index in [1.807, 2.05) is 29.2 Å². The van der Waals surface area contributed by atoms with E-state index < -0.39 is 12.1 Å². The van der Waals surface area contributed by atoms with Crippen LogP contribution in [0.1, 0.15) is 24.0 Å². The maximum absolute atomic E-state index is 13.6. The number of hydrogen-bond acceptors (Lipinski definition) is 5. The quantitative estimate of drug-likeness (QED) is 0.272. The van der Waals surface area contributed by atoms with Crippen LogP contribution in [0.4, 0.5) is 4.79 Å². The number of carbonyl (C=O) groups is 2. The van der Waals surface area contributed by atoms with E-state index in [0.29, 0.717) is 13.1 Å². The second-order valence-electron chi connectivity index (χ2n) is 11.4. The van der Waals surface area contributed by atoms with Gasteiger partial charge in [-0.15, -0.1) is 11.8 Å². The summed E-state index contributed by atoms with van der Waals surface area (Å²) in [4.78, 5) is 33.3. The lowest BCUT2D eigenvalue weighted by atomic mass is 9.88. The third-order valence-electron chi connectivity index (χ3n) is 8.77. The number of amides is 2. The van der Waals surface area contributed by atoms with E-state index in [9.17, 15) is 14.7 Å². The van der Waals surface area contributed by atoms with Crippen LogP contribution in [0, 0.1) is 5.92 Å². The summed E-state index contributed by atoms with van der Waals surface area (Å²) in [6, 6.07) is 24.2. The Morgan fingerprint density at radius 1 is 0.907 bits per heavy atom. The van der Waals surface area contributed by atoms with E-state index in [0.717, 1.165) is 63.6 Å². The van der Waals surface area contributed by atoms with Gasteiger partial charge in [0, 0.05) is 49.2 Å². The Morgan fingerprint density at radius 3 is 2.30 bits per heavy atom. The number of nitrogens with zero attached hydrogens (tertiary/aromatic N) is 3. The monoisotopic (exact) mass is 620 g/mol. The van der Waals surface area contributed by atoms with Crippen LogP contribution in [-0.4, -0.2) is 89.9 Å². The molecule has 0 aromatic heterocycles. The highest BCUT2D eigenvalue weighted by Gasteiger charge is 2.36. The van der Waals surface area contributed by atoms with Crippen LogP contribution in [0.15, 0.2) is 77.7 Å². The number of carbonyl (C=O) groups excluding carboxylic acids is 1. The van der Waals surface area contributed by atoms with Crippen molar-refractivity contribution in [3.05, 3.63) is 88.9 Å². The summed E-state index contributed by atoms with van der Waals surface area (Å²) in [5, 5.41) is 12.9. The van der Waals surface area contributed by atoms with Crippen molar-refractivity contribution < 1.29 is 14.7 Å². The van der Waals surface area contributed by atoms with Crippen LogP contribution in [0.2, 0.25) is 5.02 Å². The molecule has 1 atom stereocenters. The number of rotatable bonds is 10. The van der Waals surface area contributed by atoms with Gasteiger partial charge in [0.05, 0.1) is 0 Å². The molecule has 2 amide bonds. The Hall–Kier alpha value is -3.04. The number of hydrogen-bond donors (Lipinski definition) is 2. The Bertz CT molecular complexity index is 1380. The third-order valence-corrected chi connectivity index (χ3v) is 9.84. The van der Waals surface area contributed by atoms with Crippen molar-refractivity contribution in [3.63, 3.8) is 0 Å². The number of halogens is 1. The van der Waals surface area contributed by atoms with Crippen molar-refractivity contribution in [2.75, 3.05) is 52.1 Å². The van der Waals surface area contributed by atoms with E-state index in [1.165, 1.54) is 27.1 Å². The predicted octanol–water partition coefficient (Wildman–Crippen LogP) is 5.96. The number of benzene rings is 3. The molecule has 0 radical (unpaired) electrons.